The number of hydrogen-bond donors (Lipinski definition) is 3. The van der Waals surface area contributed by atoms with Crippen molar-refractivity contribution in [1.82, 2.24) is 4.90 Å². The number of amides is 2. The maximum absolute atomic E-state index is 12.6. The standard InChI is InChI=1S/C17H24N4O3/c1-16(2,3)24-15(23)21-8-6-17(7-9-21)14(22)19-13-10-11(18)4-5-12(13)20-17/h4-5,10,20H,6-9,18H2,1-3H3,(H,19,22). The lowest BCUT2D eigenvalue weighted by atomic mass is 9.84. The van der Waals surface area contributed by atoms with E-state index in [2.05, 4.69) is 10.6 Å². The summed E-state index contributed by atoms with van der Waals surface area (Å²) in [7, 11) is 0. The van der Waals surface area contributed by atoms with Gasteiger partial charge >= 0.3 is 6.09 Å². The molecule has 24 heavy (non-hydrogen) atoms. The molecule has 2 heterocycles. The van der Waals surface area contributed by atoms with Crippen LogP contribution in [0, 0.1) is 0 Å². The van der Waals surface area contributed by atoms with E-state index in [4.69, 9.17) is 10.5 Å². The molecule has 0 aromatic heterocycles. The van der Waals surface area contributed by atoms with Crippen LogP contribution >= 0.6 is 0 Å². The van der Waals surface area contributed by atoms with Crippen LogP contribution < -0.4 is 16.4 Å². The second-order valence-corrected chi connectivity index (χ2v) is 7.43. The Labute approximate surface area is 141 Å². The average molecular weight is 332 g/mol. The number of nitrogen functional groups attached to an aromatic ring is 1. The summed E-state index contributed by atoms with van der Waals surface area (Å²) in [4.78, 5) is 26.4. The van der Waals surface area contributed by atoms with Crippen molar-refractivity contribution in [3.8, 4) is 0 Å². The summed E-state index contributed by atoms with van der Waals surface area (Å²) in [6.45, 7) is 6.47. The highest BCUT2D eigenvalue weighted by Crippen LogP contribution is 2.37. The van der Waals surface area contributed by atoms with E-state index >= 15 is 0 Å². The Bertz CT molecular complexity index is 673. The lowest BCUT2D eigenvalue weighted by Gasteiger charge is -2.44. The highest BCUT2D eigenvalue weighted by atomic mass is 16.6. The van der Waals surface area contributed by atoms with Gasteiger partial charge in [0.05, 0.1) is 11.4 Å². The highest BCUT2D eigenvalue weighted by molar-refractivity contribution is 6.06. The molecule has 0 unspecified atom stereocenters. The van der Waals surface area contributed by atoms with Crippen LogP contribution in [-0.2, 0) is 9.53 Å². The van der Waals surface area contributed by atoms with E-state index in [0.29, 0.717) is 37.3 Å². The fraction of sp³-hybridized carbons (Fsp3) is 0.529. The van der Waals surface area contributed by atoms with Gasteiger partial charge in [-0.05, 0) is 51.8 Å². The number of ether oxygens (including phenoxy) is 1. The maximum atomic E-state index is 12.6. The van der Waals surface area contributed by atoms with Crippen molar-refractivity contribution in [2.24, 2.45) is 0 Å². The molecular formula is C17H24N4O3. The first-order chi connectivity index (χ1) is 11.2. The van der Waals surface area contributed by atoms with Crippen molar-refractivity contribution in [3.63, 3.8) is 0 Å². The third-order valence-corrected chi connectivity index (χ3v) is 4.37. The summed E-state index contributed by atoms with van der Waals surface area (Å²) in [5.41, 5.74) is 6.70. The number of nitrogens with one attached hydrogen (secondary N) is 2. The third-order valence-electron chi connectivity index (χ3n) is 4.37. The van der Waals surface area contributed by atoms with Gasteiger partial charge in [0.15, 0.2) is 0 Å². The molecule has 7 nitrogen and oxygen atoms in total. The van der Waals surface area contributed by atoms with E-state index in [1.807, 2.05) is 26.8 Å². The normalized spacial score (nSPS) is 19.3. The number of carbonyl (C=O) groups is 2. The molecule has 7 heteroatoms. The van der Waals surface area contributed by atoms with E-state index in [9.17, 15) is 9.59 Å². The Balaban J connectivity index is 1.70. The van der Waals surface area contributed by atoms with Crippen molar-refractivity contribution in [2.45, 2.75) is 44.8 Å². The quantitative estimate of drug-likeness (QED) is 0.634. The van der Waals surface area contributed by atoms with E-state index in [0.717, 1.165) is 5.69 Å². The molecule has 0 bridgehead atoms. The first kappa shape index (κ1) is 16.4. The van der Waals surface area contributed by atoms with Crippen LogP contribution in [0.2, 0.25) is 0 Å². The second kappa shape index (κ2) is 5.58. The van der Waals surface area contributed by atoms with Gasteiger partial charge in [-0.1, -0.05) is 0 Å². The fourth-order valence-electron chi connectivity index (χ4n) is 3.08. The van der Waals surface area contributed by atoms with Crippen LogP contribution in [0.25, 0.3) is 0 Å². The molecule has 1 aromatic carbocycles. The van der Waals surface area contributed by atoms with Gasteiger partial charge in [0.25, 0.3) is 0 Å². The van der Waals surface area contributed by atoms with E-state index < -0.39 is 11.1 Å². The molecular weight excluding hydrogens is 308 g/mol. The highest BCUT2D eigenvalue weighted by Gasteiger charge is 2.45. The molecule has 2 aliphatic heterocycles. The molecule has 2 aliphatic rings. The van der Waals surface area contributed by atoms with Gasteiger partial charge in [-0.3, -0.25) is 4.79 Å². The molecule has 1 spiro atoms. The van der Waals surface area contributed by atoms with Gasteiger partial charge in [-0.2, -0.15) is 0 Å². The van der Waals surface area contributed by atoms with Crippen LogP contribution in [0.4, 0.5) is 21.9 Å². The number of benzene rings is 1. The zero-order valence-corrected chi connectivity index (χ0v) is 14.3. The molecule has 1 saturated heterocycles. The Morgan fingerprint density at radius 3 is 2.54 bits per heavy atom. The Morgan fingerprint density at radius 2 is 1.92 bits per heavy atom. The average Bonchev–Trinajstić information content (AvgIpc) is 2.48. The first-order valence-corrected chi connectivity index (χ1v) is 8.16. The van der Waals surface area contributed by atoms with Gasteiger partial charge in [0, 0.05) is 18.8 Å². The molecule has 3 rings (SSSR count). The van der Waals surface area contributed by atoms with Crippen molar-refractivity contribution in [1.29, 1.82) is 0 Å². The largest absolute Gasteiger partial charge is 0.444 e. The molecule has 0 saturated carbocycles. The summed E-state index contributed by atoms with van der Waals surface area (Å²) < 4.78 is 5.40. The molecule has 0 atom stereocenters. The van der Waals surface area contributed by atoms with Crippen LogP contribution in [0.5, 0.6) is 0 Å². The van der Waals surface area contributed by atoms with Gasteiger partial charge < -0.3 is 26.0 Å². The number of rotatable bonds is 0. The number of anilines is 3. The smallest absolute Gasteiger partial charge is 0.410 e. The van der Waals surface area contributed by atoms with Crippen LogP contribution in [-0.4, -0.2) is 41.1 Å². The van der Waals surface area contributed by atoms with Crippen molar-refractivity contribution in [2.75, 3.05) is 29.5 Å². The topological polar surface area (TPSA) is 96.7 Å². The van der Waals surface area contributed by atoms with Gasteiger partial charge in [-0.25, -0.2) is 4.79 Å². The van der Waals surface area contributed by atoms with Crippen LogP contribution in [0.3, 0.4) is 0 Å². The summed E-state index contributed by atoms with van der Waals surface area (Å²) >= 11 is 0. The molecule has 2 amide bonds. The summed E-state index contributed by atoms with van der Waals surface area (Å²) in [6.07, 6.45) is 0.728. The minimum Gasteiger partial charge on any atom is -0.444 e. The summed E-state index contributed by atoms with van der Waals surface area (Å²) in [6, 6.07) is 5.40. The van der Waals surface area contributed by atoms with Crippen molar-refractivity contribution >= 4 is 29.1 Å². The van der Waals surface area contributed by atoms with E-state index in [1.54, 1.807) is 17.0 Å². The number of hydrogen-bond acceptors (Lipinski definition) is 5. The Hall–Kier alpha value is -2.44. The van der Waals surface area contributed by atoms with E-state index in [1.165, 1.54) is 0 Å². The summed E-state index contributed by atoms with van der Waals surface area (Å²) in [5, 5.41) is 6.28. The first-order valence-electron chi connectivity index (χ1n) is 8.16. The van der Waals surface area contributed by atoms with Crippen LogP contribution in [0.15, 0.2) is 18.2 Å². The number of carbonyl (C=O) groups excluding carboxylic acids is 2. The van der Waals surface area contributed by atoms with Crippen LogP contribution in [0.1, 0.15) is 33.6 Å². The number of nitrogens with two attached hydrogens (primary N) is 1. The fourth-order valence-corrected chi connectivity index (χ4v) is 3.08. The SMILES string of the molecule is CC(C)(C)OC(=O)N1CCC2(CC1)Nc1ccc(N)cc1NC2=O. The number of fused-ring (bicyclic) bond motifs is 1. The molecule has 1 fully saturated rings. The maximum Gasteiger partial charge on any atom is 0.410 e. The zero-order valence-electron chi connectivity index (χ0n) is 14.3. The monoisotopic (exact) mass is 332 g/mol. The van der Waals surface area contributed by atoms with Gasteiger partial charge in [0.2, 0.25) is 5.91 Å². The molecule has 4 N–H and O–H groups in total. The molecule has 130 valence electrons. The van der Waals surface area contributed by atoms with Gasteiger partial charge in [-0.15, -0.1) is 0 Å². The van der Waals surface area contributed by atoms with Crippen molar-refractivity contribution < 1.29 is 14.3 Å². The lowest BCUT2D eigenvalue weighted by Crippen LogP contribution is -2.59. The number of likely N-dealkylation sites (tertiary alicyclic amines) is 1. The lowest BCUT2D eigenvalue weighted by molar-refractivity contribution is -0.122. The zero-order chi connectivity index (χ0) is 17.5. The molecule has 1 aromatic rings. The number of nitrogens with zero attached hydrogens (tertiary/aromatic N) is 1. The molecule has 0 radical (unpaired) electrons. The van der Waals surface area contributed by atoms with E-state index in [-0.39, 0.29) is 12.0 Å². The minimum atomic E-state index is -0.693. The predicted octanol–water partition coefficient (Wildman–Crippen LogP) is 2.40. The Kier molecular flexibility index (Phi) is 3.81. The summed E-state index contributed by atoms with van der Waals surface area (Å²) in [5.74, 6) is -0.0792. The predicted molar refractivity (Wildman–Crippen MR) is 92.9 cm³/mol. The molecule has 0 aliphatic carbocycles. The van der Waals surface area contributed by atoms with Crippen molar-refractivity contribution in [3.05, 3.63) is 18.2 Å². The van der Waals surface area contributed by atoms with Gasteiger partial charge in [0.1, 0.15) is 11.1 Å². The number of piperidine rings is 1. The second-order valence-electron chi connectivity index (χ2n) is 7.43. The minimum absolute atomic E-state index is 0.0792. The third kappa shape index (κ3) is 3.11. The Morgan fingerprint density at radius 1 is 1.25 bits per heavy atom.